The number of rotatable bonds is 6. The van der Waals surface area contributed by atoms with E-state index in [4.69, 9.17) is 25.5 Å². The van der Waals surface area contributed by atoms with Gasteiger partial charge in [-0.25, -0.2) is 0 Å². The van der Waals surface area contributed by atoms with Gasteiger partial charge in [0.15, 0.2) is 0 Å². The quantitative estimate of drug-likeness (QED) is 0.0998. The van der Waals surface area contributed by atoms with Gasteiger partial charge in [-0.3, -0.25) is 9.98 Å². The minimum atomic E-state index is 0.194. The first-order chi connectivity index (χ1) is 15.5. The molecule has 0 atom stereocenters. The number of nitriles is 1. The Bertz CT molecular complexity index is 1180. The van der Waals surface area contributed by atoms with Gasteiger partial charge in [-0.2, -0.15) is 10.3 Å². The molecule has 4 nitrogen and oxygen atoms in total. The molecule has 32 heavy (non-hydrogen) atoms. The van der Waals surface area contributed by atoms with Crippen molar-refractivity contribution >= 4 is 89.2 Å². The number of nitrogens with zero attached hydrogens (tertiary/aromatic N) is 4. The van der Waals surface area contributed by atoms with E-state index in [1.807, 2.05) is 62.4 Å². The van der Waals surface area contributed by atoms with Gasteiger partial charge in [0.1, 0.15) is 5.40 Å². The first-order valence-electron chi connectivity index (χ1n) is 8.91. The van der Waals surface area contributed by atoms with Gasteiger partial charge >= 0.3 is 33.3 Å². The maximum absolute atomic E-state index is 8.72. The third-order valence-electron chi connectivity index (χ3n) is 3.94. The Labute approximate surface area is 215 Å². The summed E-state index contributed by atoms with van der Waals surface area (Å²) < 4.78 is 0. The Morgan fingerprint density at radius 2 is 1.31 bits per heavy atom. The zero-order valence-electron chi connectivity index (χ0n) is 16.9. The minimum absolute atomic E-state index is 0.194. The van der Waals surface area contributed by atoms with Crippen molar-refractivity contribution in [1.82, 2.24) is 0 Å². The van der Waals surface area contributed by atoms with E-state index in [2.05, 4.69) is 49.9 Å². The summed E-state index contributed by atoms with van der Waals surface area (Å²) in [5.41, 5.74) is 4.38. The summed E-state index contributed by atoms with van der Waals surface area (Å²) >= 11 is 7.61. The van der Waals surface area contributed by atoms with Crippen LogP contribution in [-0.2, 0) is 13.1 Å². The fourth-order valence-electron chi connectivity index (χ4n) is 2.52. The SMILES string of the molecule is CC(=Nc1ccc(N=C=S)cc1)c1ccc(C(C)=Nc2ccc(SC#N)cc2)s1.[Cl][Fe][Cl]. The van der Waals surface area contributed by atoms with Crippen LogP contribution in [0, 0.1) is 10.7 Å². The molecule has 0 saturated carbocycles. The molecule has 0 N–H and O–H groups in total. The Hall–Kier alpha value is -1.78. The number of aliphatic imine (C=N–C) groups is 3. The van der Waals surface area contributed by atoms with E-state index in [0.29, 0.717) is 0 Å². The van der Waals surface area contributed by atoms with Crippen LogP contribution in [0.4, 0.5) is 17.1 Å². The second-order valence-electron chi connectivity index (χ2n) is 6.02. The predicted molar refractivity (Wildman–Crippen MR) is 139 cm³/mol. The van der Waals surface area contributed by atoms with Crippen molar-refractivity contribution in [1.29, 1.82) is 5.26 Å². The zero-order chi connectivity index (χ0) is 23.3. The second kappa shape index (κ2) is 14.4. The number of hydrogen-bond donors (Lipinski definition) is 0. The van der Waals surface area contributed by atoms with E-state index in [0.717, 1.165) is 54.9 Å². The van der Waals surface area contributed by atoms with Crippen LogP contribution >= 0.6 is 55.5 Å². The van der Waals surface area contributed by atoms with Crippen molar-refractivity contribution in [2.24, 2.45) is 15.0 Å². The van der Waals surface area contributed by atoms with E-state index in [9.17, 15) is 0 Å². The van der Waals surface area contributed by atoms with Gasteiger partial charge in [-0.1, -0.05) is 0 Å². The molecule has 3 aromatic rings. The molecular weight excluding hydrogens is 543 g/mol. The van der Waals surface area contributed by atoms with Crippen LogP contribution in [0.1, 0.15) is 23.6 Å². The first-order valence-corrected chi connectivity index (χ1v) is 14.0. The molecule has 2 aromatic carbocycles. The third-order valence-corrected chi connectivity index (χ3v) is 5.93. The summed E-state index contributed by atoms with van der Waals surface area (Å²) in [6.07, 6.45) is 0. The number of hydrogen-bond acceptors (Lipinski definition) is 7. The van der Waals surface area contributed by atoms with Gasteiger partial charge in [0, 0.05) is 14.6 Å². The molecule has 0 aliphatic heterocycles. The van der Waals surface area contributed by atoms with Crippen molar-refractivity contribution in [2.75, 3.05) is 0 Å². The van der Waals surface area contributed by atoms with Crippen LogP contribution in [0.15, 0.2) is 80.5 Å². The molecule has 1 heterocycles. The molecule has 0 unspecified atom stereocenters. The molecule has 0 aliphatic carbocycles. The Morgan fingerprint density at radius 1 is 0.875 bits per heavy atom. The number of isothiocyanates is 1. The van der Waals surface area contributed by atoms with Gasteiger partial charge in [0.2, 0.25) is 0 Å². The van der Waals surface area contributed by atoms with Gasteiger partial charge in [-0.15, -0.1) is 11.3 Å². The molecule has 10 heteroatoms. The Balaban J connectivity index is 0.00000114. The monoisotopic (exact) mass is 558 g/mol. The van der Waals surface area contributed by atoms with Crippen LogP contribution in [0.5, 0.6) is 0 Å². The second-order valence-corrected chi connectivity index (χ2v) is 9.96. The van der Waals surface area contributed by atoms with E-state index < -0.39 is 0 Å². The number of thiocarbonyl (C=S) groups is 1. The van der Waals surface area contributed by atoms with E-state index in [1.54, 1.807) is 11.3 Å². The summed E-state index contributed by atoms with van der Waals surface area (Å²) in [6, 6.07) is 19.3. The van der Waals surface area contributed by atoms with Crippen LogP contribution in [0.3, 0.4) is 0 Å². The van der Waals surface area contributed by atoms with Crippen LogP contribution in [-0.4, -0.2) is 16.6 Å². The average Bonchev–Trinajstić information content (AvgIpc) is 3.28. The number of thiophene rings is 1. The summed E-state index contributed by atoms with van der Waals surface area (Å²) in [5.74, 6) is 0. The number of thioether (sulfide) groups is 1. The van der Waals surface area contributed by atoms with Crippen molar-refractivity contribution in [3.05, 3.63) is 70.4 Å². The molecule has 0 saturated heterocycles. The summed E-state index contributed by atoms with van der Waals surface area (Å²) in [4.78, 5) is 16.4. The summed E-state index contributed by atoms with van der Waals surface area (Å²) in [6.45, 7) is 3.99. The Kier molecular flexibility index (Phi) is 11.9. The topological polar surface area (TPSA) is 60.9 Å². The Morgan fingerprint density at radius 3 is 1.75 bits per heavy atom. The number of thiocyanates is 1. The summed E-state index contributed by atoms with van der Waals surface area (Å²) in [5, 5.41) is 13.2. The van der Waals surface area contributed by atoms with Crippen molar-refractivity contribution in [2.45, 2.75) is 18.7 Å². The van der Waals surface area contributed by atoms with E-state index >= 15 is 0 Å². The van der Waals surface area contributed by atoms with Crippen molar-refractivity contribution in [3.63, 3.8) is 0 Å². The van der Waals surface area contributed by atoms with Gasteiger partial charge in [0.25, 0.3) is 0 Å². The van der Waals surface area contributed by atoms with Crippen LogP contribution in [0.2, 0.25) is 0 Å². The number of benzene rings is 2. The molecule has 0 bridgehead atoms. The van der Waals surface area contributed by atoms with Gasteiger partial charge in [-0.05, 0) is 98.5 Å². The molecule has 0 fully saturated rings. The molecule has 3 rings (SSSR count). The number of halogens is 2. The molecule has 0 spiro atoms. The van der Waals surface area contributed by atoms with Crippen LogP contribution in [0.25, 0.3) is 0 Å². The molecule has 0 amide bonds. The maximum atomic E-state index is 8.72. The zero-order valence-corrected chi connectivity index (χ0v) is 22.0. The first kappa shape index (κ1) is 26.5. The fourth-order valence-corrected chi connectivity index (χ4v) is 3.90. The van der Waals surface area contributed by atoms with Crippen molar-refractivity contribution in [3.8, 4) is 5.40 Å². The average molecular weight is 559 g/mol. The van der Waals surface area contributed by atoms with E-state index in [1.165, 1.54) is 0 Å². The fraction of sp³-hybridized carbons (Fsp3) is 0.0909. The summed E-state index contributed by atoms with van der Waals surface area (Å²) in [7, 11) is 9.53. The van der Waals surface area contributed by atoms with Gasteiger partial charge in [0.05, 0.1) is 33.6 Å². The van der Waals surface area contributed by atoms with Crippen molar-refractivity contribution < 1.29 is 13.1 Å². The molecule has 1 aromatic heterocycles. The molecule has 0 aliphatic rings. The molecule has 164 valence electrons. The molecule has 0 radical (unpaired) electrons. The molecular formula is C22H16Cl2FeN4S3. The normalized spacial score (nSPS) is 11.2. The van der Waals surface area contributed by atoms with Gasteiger partial charge < -0.3 is 0 Å². The standard InChI is InChI=1S/C22H16N4S3.2ClH.Fe/c1-15(25-18-5-3-17(4-6-18)24-14-27)21-11-12-22(29-21)16(2)26-19-7-9-20(10-8-19)28-13-23;;;/h3-12H,1-2H3;2*1H;/q;;;+2/p-2. The third kappa shape index (κ3) is 8.63. The predicted octanol–water partition coefficient (Wildman–Crippen LogP) is 8.71. The van der Waals surface area contributed by atoms with Crippen LogP contribution < -0.4 is 0 Å². The van der Waals surface area contributed by atoms with E-state index in [-0.39, 0.29) is 13.1 Å².